The van der Waals surface area contributed by atoms with Crippen LogP contribution in [0.1, 0.15) is 21.6 Å². The number of nitrogens with zero attached hydrogens (tertiary/aromatic N) is 4. The van der Waals surface area contributed by atoms with Crippen LogP contribution < -0.4 is 0 Å². The maximum atomic E-state index is 13.1. The first-order valence-electron chi connectivity index (χ1n) is 5.94. The molecule has 0 aliphatic rings. The molecule has 0 fully saturated rings. The molecule has 0 radical (unpaired) electrons. The summed E-state index contributed by atoms with van der Waals surface area (Å²) in [6, 6.07) is 6.00. The molecule has 0 aliphatic heterocycles. The zero-order chi connectivity index (χ0) is 15.9. The Kier molecular flexibility index (Phi) is 3.44. The number of carbonyl (C=O) groups is 1. The van der Waals surface area contributed by atoms with Crippen molar-refractivity contribution in [1.29, 1.82) is 0 Å². The third-order valence-electron chi connectivity index (χ3n) is 2.89. The van der Waals surface area contributed by atoms with Crippen LogP contribution in [0.4, 0.5) is 13.2 Å². The second-order valence-corrected chi connectivity index (χ2v) is 5.26. The number of alkyl halides is 3. The molecule has 1 aromatic carbocycles. The van der Waals surface area contributed by atoms with Crippen LogP contribution in [0.15, 0.2) is 41.3 Å². The van der Waals surface area contributed by atoms with Crippen LogP contribution in [0.3, 0.4) is 0 Å². The van der Waals surface area contributed by atoms with E-state index in [1.165, 1.54) is 12.1 Å². The molecular weight excluding hydrogens is 365 g/mol. The van der Waals surface area contributed by atoms with Gasteiger partial charge in [0, 0.05) is 16.2 Å². The number of rotatable bonds is 2. The van der Waals surface area contributed by atoms with E-state index in [2.05, 4.69) is 31.0 Å². The van der Waals surface area contributed by atoms with Crippen molar-refractivity contribution in [3.63, 3.8) is 0 Å². The molecule has 3 aromatic rings. The Labute approximate surface area is 129 Å². The lowest BCUT2D eigenvalue weighted by atomic mass is 10.0. The minimum absolute atomic E-state index is 0.120. The molecule has 5 nitrogen and oxygen atoms in total. The molecule has 0 spiro atoms. The summed E-state index contributed by atoms with van der Waals surface area (Å²) >= 11 is 3.20. The molecule has 0 amide bonds. The summed E-state index contributed by atoms with van der Waals surface area (Å²) in [7, 11) is 0. The molecular formula is C13H6BrF3N4O. The predicted molar refractivity (Wildman–Crippen MR) is 73.4 cm³/mol. The van der Waals surface area contributed by atoms with Crippen LogP contribution in [0.5, 0.6) is 0 Å². The second-order valence-electron chi connectivity index (χ2n) is 4.34. The van der Waals surface area contributed by atoms with Gasteiger partial charge >= 0.3 is 6.18 Å². The highest BCUT2D eigenvalue weighted by atomic mass is 79.9. The van der Waals surface area contributed by atoms with E-state index in [9.17, 15) is 18.0 Å². The zero-order valence-corrected chi connectivity index (χ0v) is 12.3. The average Bonchev–Trinajstić information content (AvgIpc) is 2.92. The van der Waals surface area contributed by atoms with Crippen molar-refractivity contribution in [3.05, 3.63) is 58.1 Å². The first kappa shape index (κ1) is 14.6. The molecule has 0 N–H and O–H groups in total. The molecule has 3 rings (SSSR count). The van der Waals surface area contributed by atoms with Crippen molar-refractivity contribution in [2.24, 2.45) is 0 Å². The molecule has 2 aromatic heterocycles. The van der Waals surface area contributed by atoms with Crippen molar-refractivity contribution < 1.29 is 18.0 Å². The van der Waals surface area contributed by atoms with Gasteiger partial charge in [-0.05, 0) is 24.3 Å². The van der Waals surface area contributed by atoms with Gasteiger partial charge in [-0.3, -0.25) is 4.79 Å². The highest BCUT2D eigenvalue weighted by Crippen LogP contribution is 2.31. The molecule has 0 unspecified atom stereocenters. The Morgan fingerprint density at radius 1 is 1.18 bits per heavy atom. The first-order chi connectivity index (χ1) is 10.4. The van der Waals surface area contributed by atoms with Gasteiger partial charge in [0.2, 0.25) is 0 Å². The van der Waals surface area contributed by atoms with Crippen LogP contribution in [0.25, 0.3) is 5.78 Å². The second kappa shape index (κ2) is 5.16. The standard InChI is InChI=1S/C13H6BrF3N4O/c14-8-3-1-7(2-4-8)10(22)9-5-21-12(18-6-19-21)20-11(9)13(15,16)17/h1-6H. The third kappa shape index (κ3) is 2.59. The summed E-state index contributed by atoms with van der Waals surface area (Å²) in [4.78, 5) is 19.4. The van der Waals surface area contributed by atoms with E-state index in [1.54, 1.807) is 12.1 Å². The van der Waals surface area contributed by atoms with Gasteiger partial charge in [-0.25, -0.2) is 9.50 Å². The Morgan fingerprint density at radius 2 is 1.86 bits per heavy atom. The molecule has 9 heteroatoms. The normalized spacial score (nSPS) is 11.8. The number of benzene rings is 1. The largest absolute Gasteiger partial charge is 0.434 e. The molecule has 0 atom stereocenters. The van der Waals surface area contributed by atoms with Gasteiger partial charge in [-0.1, -0.05) is 15.9 Å². The van der Waals surface area contributed by atoms with Crippen LogP contribution >= 0.6 is 15.9 Å². The fourth-order valence-corrected chi connectivity index (χ4v) is 2.16. The van der Waals surface area contributed by atoms with E-state index in [0.717, 1.165) is 17.0 Å². The van der Waals surface area contributed by atoms with E-state index < -0.39 is 23.2 Å². The molecule has 0 saturated carbocycles. The lowest BCUT2D eigenvalue weighted by Gasteiger charge is -2.11. The fraction of sp³-hybridized carbons (Fsp3) is 0.0769. The zero-order valence-electron chi connectivity index (χ0n) is 10.7. The molecule has 0 aliphatic carbocycles. The van der Waals surface area contributed by atoms with Crippen LogP contribution in [-0.2, 0) is 6.18 Å². The number of halogens is 4. The Balaban J connectivity index is 2.19. The first-order valence-corrected chi connectivity index (χ1v) is 6.73. The number of carbonyl (C=O) groups excluding carboxylic acids is 1. The number of hydrogen-bond acceptors (Lipinski definition) is 4. The quantitative estimate of drug-likeness (QED) is 0.650. The molecule has 0 saturated heterocycles. The van der Waals surface area contributed by atoms with Gasteiger partial charge in [-0.2, -0.15) is 23.3 Å². The highest BCUT2D eigenvalue weighted by molar-refractivity contribution is 9.10. The molecule has 112 valence electrons. The van der Waals surface area contributed by atoms with Gasteiger partial charge in [0.25, 0.3) is 5.78 Å². The van der Waals surface area contributed by atoms with Gasteiger partial charge in [0.05, 0.1) is 5.56 Å². The maximum absolute atomic E-state index is 13.1. The Bertz CT molecular complexity index is 858. The van der Waals surface area contributed by atoms with E-state index >= 15 is 0 Å². The van der Waals surface area contributed by atoms with Crippen molar-refractivity contribution in [2.45, 2.75) is 6.18 Å². The summed E-state index contributed by atoms with van der Waals surface area (Å²) in [5, 5.41) is 3.71. The van der Waals surface area contributed by atoms with Gasteiger partial charge in [-0.15, -0.1) is 0 Å². The summed E-state index contributed by atoms with van der Waals surface area (Å²) in [5.74, 6) is -1.01. The van der Waals surface area contributed by atoms with Crippen molar-refractivity contribution >= 4 is 27.5 Å². The van der Waals surface area contributed by atoms with Crippen LogP contribution in [0, 0.1) is 0 Å². The maximum Gasteiger partial charge on any atom is 0.434 e. The van der Waals surface area contributed by atoms with E-state index in [1.807, 2.05) is 0 Å². The molecule has 0 bridgehead atoms. The number of ketones is 1. The highest BCUT2D eigenvalue weighted by Gasteiger charge is 2.38. The predicted octanol–water partition coefficient (Wildman–Crippen LogP) is 3.14. The number of aromatic nitrogens is 4. The summed E-state index contributed by atoms with van der Waals surface area (Å²) in [5.41, 5.74) is -1.73. The third-order valence-corrected chi connectivity index (χ3v) is 3.42. The summed E-state index contributed by atoms with van der Waals surface area (Å²) < 4.78 is 41.2. The lowest BCUT2D eigenvalue weighted by molar-refractivity contribution is -0.141. The topological polar surface area (TPSA) is 60.2 Å². The Morgan fingerprint density at radius 3 is 2.50 bits per heavy atom. The van der Waals surface area contributed by atoms with Gasteiger partial charge in [0.15, 0.2) is 11.5 Å². The molecule has 22 heavy (non-hydrogen) atoms. The van der Waals surface area contributed by atoms with Crippen molar-refractivity contribution in [1.82, 2.24) is 19.6 Å². The van der Waals surface area contributed by atoms with Crippen LogP contribution in [0.2, 0.25) is 0 Å². The average molecular weight is 371 g/mol. The monoisotopic (exact) mass is 370 g/mol. The summed E-state index contributed by atoms with van der Waals surface area (Å²) in [6.07, 6.45) is -2.72. The number of fused-ring (bicyclic) bond motifs is 1. The Hall–Kier alpha value is -2.29. The fourth-order valence-electron chi connectivity index (χ4n) is 1.90. The lowest BCUT2D eigenvalue weighted by Crippen LogP contribution is -2.18. The smallest absolute Gasteiger partial charge is 0.288 e. The van der Waals surface area contributed by atoms with E-state index in [4.69, 9.17) is 0 Å². The summed E-state index contributed by atoms with van der Waals surface area (Å²) in [6.45, 7) is 0. The SMILES string of the molecule is O=C(c1ccc(Br)cc1)c1cn2ncnc2nc1C(F)(F)F. The van der Waals surface area contributed by atoms with Crippen LogP contribution in [-0.4, -0.2) is 25.4 Å². The van der Waals surface area contributed by atoms with Crippen molar-refractivity contribution in [3.8, 4) is 0 Å². The van der Waals surface area contributed by atoms with E-state index in [-0.39, 0.29) is 11.3 Å². The van der Waals surface area contributed by atoms with Gasteiger partial charge in [0.1, 0.15) is 6.33 Å². The minimum atomic E-state index is -4.77. The van der Waals surface area contributed by atoms with E-state index in [0.29, 0.717) is 4.47 Å². The molecule has 2 heterocycles. The minimum Gasteiger partial charge on any atom is -0.288 e. The van der Waals surface area contributed by atoms with Gasteiger partial charge < -0.3 is 0 Å². The number of hydrogen-bond donors (Lipinski definition) is 0. The van der Waals surface area contributed by atoms with Crippen molar-refractivity contribution in [2.75, 3.05) is 0 Å².